The van der Waals surface area contributed by atoms with E-state index in [4.69, 9.17) is 11.5 Å². The number of unbranched alkanes of at least 4 members (excludes halogenated alkanes) is 1. The maximum absolute atomic E-state index is 11.1. The highest BCUT2D eigenvalue weighted by molar-refractivity contribution is 14.1. The van der Waals surface area contributed by atoms with Crippen molar-refractivity contribution in [3.63, 3.8) is 0 Å². The van der Waals surface area contributed by atoms with Crippen molar-refractivity contribution in [3.8, 4) is 0 Å². The van der Waals surface area contributed by atoms with Crippen molar-refractivity contribution in [1.29, 1.82) is 0 Å². The minimum atomic E-state index is -0.311. The summed E-state index contributed by atoms with van der Waals surface area (Å²) >= 11 is 2.23. The number of hydrogen-bond donors (Lipinski definition) is 2. The van der Waals surface area contributed by atoms with Gasteiger partial charge in [0, 0.05) is 15.8 Å². The molecule has 0 spiro atoms. The number of nitrogen functional groups attached to an aromatic ring is 1. The Morgan fingerprint density at radius 2 is 2.18 bits per heavy atom. The molecule has 0 bridgehead atoms. The number of hydrogen-bond acceptors (Lipinski definition) is 3. The van der Waals surface area contributed by atoms with Gasteiger partial charge in [0.15, 0.2) is 0 Å². The maximum Gasteiger partial charge on any atom is 0.236 e. The third-order valence-electron chi connectivity index (χ3n) is 2.44. The molecule has 0 aliphatic heterocycles. The number of anilines is 2. The van der Waals surface area contributed by atoms with E-state index in [-0.39, 0.29) is 12.5 Å². The summed E-state index contributed by atoms with van der Waals surface area (Å²) in [7, 11) is 0. The molecule has 0 saturated carbocycles. The lowest BCUT2D eigenvalue weighted by Crippen LogP contribution is -2.35. The zero-order valence-electron chi connectivity index (χ0n) is 9.95. The first-order chi connectivity index (χ1) is 8.04. The summed E-state index contributed by atoms with van der Waals surface area (Å²) < 4.78 is 1.04. The van der Waals surface area contributed by atoms with Crippen molar-refractivity contribution in [1.82, 2.24) is 0 Å². The second-order valence-electron chi connectivity index (χ2n) is 3.95. The Labute approximate surface area is 115 Å². The number of carbonyl (C=O) groups is 1. The fourth-order valence-electron chi connectivity index (χ4n) is 1.60. The summed E-state index contributed by atoms with van der Waals surface area (Å²) in [6, 6.07) is 5.68. The Morgan fingerprint density at radius 3 is 2.71 bits per heavy atom. The molecule has 1 aromatic rings. The third-order valence-corrected chi connectivity index (χ3v) is 3.30. The lowest BCUT2D eigenvalue weighted by molar-refractivity contribution is -0.116. The number of rotatable bonds is 6. The first-order valence-corrected chi connectivity index (χ1v) is 6.70. The molecule has 0 saturated heterocycles. The summed E-state index contributed by atoms with van der Waals surface area (Å²) in [5, 5.41) is 0. The Kier molecular flexibility index (Phi) is 5.54. The number of nitrogens with zero attached hydrogens (tertiary/aromatic N) is 1. The average molecular weight is 347 g/mol. The van der Waals surface area contributed by atoms with E-state index in [2.05, 4.69) is 29.5 Å². The van der Waals surface area contributed by atoms with Crippen LogP contribution in [0.2, 0.25) is 0 Å². The molecule has 0 aliphatic rings. The van der Waals surface area contributed by atoms with Crippen LogP contribution in [-0.4, -0.2) is 19.0 Å². The van der Waals surface area contributed by atoms with Crippen LogP contribution in [0.5, 0.6) is 0 Å². The van der Waals surface area contributed by atoms with Crippen molar-refractivity contribution < 1.29 is 4.79 Å². The molecule has 1 amide bonds. The lowest BCUT2D eigenvalue weighted by atomic mass is 10.2. The van der Waals surface area contributed by atoms with E-state index in [9.17, 15) is 4.79 Å². The second-order valence-corrected chi connectivity index (χ2v) is 5.11. The molecule has 1 rings (SSSR count). The van der Waals surface area contributed by atoms with Crippen LogP contribution < -0.4 is 16.4 Å². The minimum absolute atomic E-state index is 0.250. The molecule has 0 aromatic heterocycles. The summed E-state index contributed by atoms with van der Waals surface area (Å²) in [6.45, 7) is 3.20. The normalized spacial score (nSPS) is 10.2. The number of carbonyl (C=O) groups excluding carboxylic acids is 1. The van der Waals surface area contributed by atoms with E-state index in [0.717, 1.165) is 34.3 Å². The van der Waals surface area contributed by atoms with Gasteiger partial charge in [-0.2, -0.15) is 0 Å². The first-order valence-electron chi connectivity index (χ1n) is 5.63. The molecular weight excluding hydrogens is 329 g/mol. The van der Waals surface area contributed by atoms with Gasteiger partial charge in [0.05, 0.1) is 12.2 Å². The molecule has 0 fully saturated rings. The molecule has 0 atom stereocenters. The Balaban J connectivity index is 2.90. The summed E-state index contributed by atoms with van der Waals surface area (Å²) in [6.07, 6.45) is 2.12. The molecule has 0 aliphatic carbocycles. The second kappa shape index (κ2) is 6.68. The van der Waals surface area contributed by atoms with Crippen molar-refractivity contribution >= 4 is 39.9 Å². The highest BCUT2D eigenvalue weighted by Gasteiger charge is 2.12. The lowest BCUT2D eigenvalue weighted by Gasteiger charge is -2.24. The highest BCUT2D eigenvalue weighted by Crippen LogP contribution is 2.24. The number of primary amides is 1. The van der Waals surface area contributed by atoms with Crippen LogP contribution in [0, 0.1) is 3.57 Å². The molecule has 1 aromatic carbocycles. The third kappa shape index (κ3) is 4.41. The zero-order valence-corrected chi connectivity index (χ0v) is 12.1. The van der Waals surface area contributed by atoms with Gasteiger partial charge in [-0.1, -0.05) is 13.3 Å². The number of benzene rings is 1. The molecule has 4 nitrogen and oxygen atoms in total. The van der Waals surface area contributed by atoms with Gasteiger partial charge in [-0.3, -0.25) is 4.79 Å². The average Bonchev–Trinajstić information content (AvgIpc) is 2.24. The van der Waals surface area contributed by atoms with Crippen LogP contribution in [0.15, 0.2) is 18.2 Å². The largest absolute Gasteiger partial charge is 0.399 e. The summed E-state index contributed by atoms with van der Waals surface area (Å²) in [4.78, 5) is 13.1. The van der Waals surface area contributed by atoms with Crippen LogP contribution in [0.1, 0.15) is 19.8 Å². The summed E-state index contributed by atoms with van der Waals surface area (Å²) in [5.41, 5.74) is 12.7. The van der Waals surface area contributed by atoms with Gasteiger partial charge in [-0.25, -0.2) is 0 Å². The molecule has 5 heteroatoms. The van der Waals surface area contributed by atoms with Gasteiger partial charge in [0.1, 0.15) is 0 Å². The first kappa shape index (κ1) is 14.1. The Hall–Kier alpha value is -0.980. The van der Waals surface area contributed by atoms with Gasteiger partial charge >= 0.3 is 0 Å². The predicted molar refractivity (Wildman–Crippen MR) is 79.9 cm³/mol. The Bertz CT molecular complexity index is 395. The van der Waals surface area contributed by atoms with Crippen LogP contribution in [-0.2, 0) is 4.79 Å². The fraction of sp³-hybridized carbons (Fsp3) is 0.417. The van der Waals surface area contributed by atoms with E-state index in [1.807, 2.05) is 23.1 Å². The minimum Gasteiger partial charge on any atom is -0.399 e. The van der Waals surface area contributed by atoms with Crippen molar-refractivity contribution in [2.24, 2.45) is 5.73 Å². The van der Waals surface area contributed by atoms with Crippen LogP contribution in [0.3, 0.4) is 0 Å². The van der Waals surface area contributed by atoms with Gasteiger partial charge in [-0.05, 0) is 47.2 Å². The van der Waals surface area contributed by atoms with Crippen molar-refractivity contribution in [3.05, 3.63) is 21.8 Å². The standard InChI is InChI=1S/C12H18IN3O/c1-2-3-6-16(8-12(15)17)11-5-4-9(14)7-10(11)13/h4-5,7H,2-3,6,8,14H2,1H3,(H2,15,17). The van der Waals surface area contributed by atoms with Gasteiger partial charge in [-0.15, -0.1) is 0 Å². The van der Waals surface area contributed by atoms with Crippen LogP contribution in [0.4, 0.5) is 11.4 Å². The van der Waals surface area contributed by atoms with Crippen molar-refractivity contribution in [2.75, 3.05) is 23.7 Å². The predicted octanol–water partition coefficient (Wildman–Crippen LogP) is 1.97. The monoisotopic (exact) mass is 347 g/mol. The molecule has 0 radical (unpaired) electrons. The quantitative estimate of drug-likeness (QED) is 0.610. The van der Waals surface area contributed by atoms with Gasteiger partial charge < -0.3 is 16.4 Å². The van der Waals surface area contributed by atoms with Gasteiger partial charge in [0.25, 0.3) is 0 Å². The van der Waals surface area contributed by atoms with Crippen LogP contribution >= 0.6 is 22.6 Å². The molecule has 4 N–H and O–H groups in total. The smallest absolute Gasteiger partial charge is 0.236 e. The summed E-state index contributed by atoms with van der Waals surface area (Å²) in [5.74, 6) is -0.311. The highest BCUT2D eigenvalue weighted by atomic mass is 127. The molecule has 0 heterocycles. The zero-order chi connectivity index (χ0) is 12.8. The van der Waals surface area contributed by atoms with E-state index >= 15 is 0 Å². The van der Waals surface area contributed by atoms with E-state index in [1.165, 1.54) is 0 Å². The van der Waals surface area contributed by atoms with E-state index in [0.29, 0.717) is 0 Å². The van der Waals surface area contributed by atoms with Crippen molar-refractivity contribution in [2.45, 2.75) is 19.8 Å². The number of amides is 1. The van der Waals surface area contributed by atoms with Crippen LogP contribution in [0.25, 0.3) is 0 Å². The Morgan fingerprint density at radius 1 is 1.47 bits per heavy atom. The topological polar surface area (TPSA) is 72.3 Å². The molecule has 94 valence electrons. The number of nitrogens with two attached hydrogens (primary N) is 2. The molecular formula is C12H18IN3O. The fourth-order valence-corrected chi connectivity index (χ4v) is 2.48. The molecule has 17 heavy (non-hydrogen) atoms. The van der Waals surface area contributed by atoms with Gasteiger partial charge in [0.2, 0.25) is 5.91 Å². The van der Waals surface area contributed by atoms with E-state index < -0.39 is 0 Å². The number of halogens is 1. The molecule has 0 unspecified atom stereocenters. The maximum atomic E-state index is 11.1. The SMILES string of the molecule is CCCCN(CC(N)=O)c1ccc(N)cc1I. The van der Waals surface area contributed by atoms with E-state index in [1.54, 1.807) is 0 Å².